The Morgan fingerprint density at radius 3 is 1.80 bits per heavy atom. The molecule has 0 aromatic rings. The number of carbonyl (C=O) groups excluding carboxylic acids is 1. The van der Waals surface area contributed by atoms with Gasteiger partial charge < -0.3 is 19.3 Å². The number of rotatable bonds is 20. The summed E-state index contributed by atoms with van der Waals surface area (Å²) in [7, 11) is 0. The van der Waals surface area contributed by atoms with Gasteiger partial charge in [0, 0.05) is 6.61 Å². The van der Waals surface area contributed by atoms with Crippen LogP contribution in [0, 0.1) is 29.1 Å². The van der Waals surface area contributed by atoms with E-state index in [1.54, 1.807) is 27.7 Å². The Bertz CT molecular complexity index is 1060. The molecule has 51 heavy (non-hydrogen) atoms. The van der Waals surface area contributed by atoms with Crippen LogP contribution in [0.2, 0.25) is 0 Å². The summed E-state index contributed by atoms with van der Waals surface area (Å²) in [5, 5.41) is 9.58. The third kappa shape index (κ3) is 12.0. The maximum Gasteiger partial charge on any atom is 0.428 e. The number of fused-ring (bicyclic) bond motifs is 2. The van der Waals surface area contributed by atoms with Gasteiger partial charge in [0.2, 0.25) is 6.10 Å². The number of esters is 1. The quantitative estimate of drug-likeness (QED) is 0.0759. The predicted molar refractivity (Wildman–Crippen MR) is 162 cm³/mol. The topological polar surface area (TPSA) is 65.0 Å². The second-order valence-electron chi connectivity index (χ2n) is 15.2. The van der Waals surface area contributed by atoms with Gasteiger partial charge in [-0.25, -0.2) is 0 Å². The van der Waals surface area contributed by atoms with Gasteiger partial charge in [-0.3, -0.25) is 4.79 Å². The van der Waals surface area contributed by atoms with Crippen molar-refractivity contribution in [3.8, 4) is 0 Å². The van der Waals surface area contributed by atoms with Crippen LogP contribution in [-0.2, 0) is 19.0 Å². The molecule has 0 heterocycles. The lowest BCUT2D eigenvalue weighted by atomic mass is 9.72. The first-order chi connectivity index (χ1) is 23.1. The highest BCUT2D eigenvalue weighted by Crippen LogP contribution is 2.57. The Morgan fingerprint density at radius 1 is 0.725 bits per heavy atom. The molecule has 2 rings (SSSR count). The molecule has 2 saturated carbocycles. The summed E-state index contributed by atoms with van der Waals surface area (Å²) in [4.78, 5) is 13.3. The standard InChI is InChI=1S/C34H52F12O5/c1-6-8-9-12-23-22(21-18-24(23)25(19-21)50-20-30(48,33(41,42)43)34(44,45)46)13-10-15-28(3,4)27(47)51-29(5,14-7-2)16-11-17-49-26(31(35,36)37)32(38,39)40/h21-26,48H,6-20H2,1-5H3. The molecule has 0 aromatic carbocycles. The SMILES string of the molecule is CCCCCC1C(CCCC(C)(C)C(=O)OC(C)(CCC)CCCOC(C(F)(F)F)C(F)(F)F)C2CC(OCC(O)(C(F)(F)F)C(F)(F)F)C1C2. The van der Waals surface area contributed by atoms with E-state index in [2.05, 4.69) is 4.74 Å². The van der Waals surface area contributed by atoms with E-state index in [4.69, 9.17) is 9.47 Å². The van der Waals surface area contributed by atoms with Gasteiger partial charge in [-0.05, 0) is 95.8 Å². The first-order valence-corrected chi connectivity index (χ1v) is 17.6. The zero-order chi connectivity index (χ0) is 39.3. The van der Waals surface area contributed by atoms with E-state index in [1.165, 1.54) is 0 Å². The van der Waals surface area contributed by atoms with Crippen molar-refractivity contribution in [2.24, 2.45) is 29.1 Å². The Labute approximate surface area is 291 Å². The molecule has 0 aromatic heterocycles. The van der Waals surface area contributed by atoms with Gasteiger partial charge in [-0.15, -0.1) is 0 Å². The molecule has 17 heteroatoms. The van der Waals surface area contributed by atoms with Crippen molar-refractivity contribution in [1.29, 1.82) is 0 Å². The van der Waals surface area contributed by atoms with Gasteiger partial charge in [-0.1, -0.05) is 46.0 Å². The van der Waals surface area contributed by atoms with Crippen LogP contribution in [0.25, 0.3) is 0 Å². The molecular weight excluding hydrogens is 716 g/mol. The number of aliphatic hydroxyl groups is 1. The molecular formula is C34H52F12O5. The molecule has 5 nitrogen and oxygen atoms in total. The van der Waals surface area contributed by atoms with Crippen molar-refractivity contribution >= 4 is 5.97 Å². The lowest BCUT2D eigenvalue weighted by Gasteiger charge is -2.39. The average molecular weight is 769 g/mol. The number of hydrogen-bond donors (Lipinski definition) is 1. The van der Waals surface area contributed by atoms with E-state index in [9.17, 15) is 62.6 Å². The van der Waals surface area contributed by atoms with Gasteiger partial charge >= 0.3 is 30.7 Å². The monoisotopic (exact) mass is 768 g/mol. The summed E-state index contributed by atoms with van der Waals surface area (Å²) in [6.45, 7) is 5.87. The van der Waals surface area contributed by atoms with Gasteiger partial charge in [0.25, 0.3) is 5.60 Å². The number of ether oxygens (including phenoxy) is 3. The van der Waals surface area contributed by atoms with Gasteiger partial charge in [-0.2, -0.15) is 52.7 Å². The van der Waals surface area contributed by atoms with Crippen molar-refractivity contribution in [1.82, 2.24) is 0 Å². The van der Waals surface area contributed by atoms with Crippen LogP contribution in [0.5, 0.6) is 0 Å². The number of halogens is 12. The minimum absolute atomic E-state index is 0.0177. The van der Waals surface area contributed by atoms with Crippen LogP contribution >= 0.6 is 0 Å². The fourth-order valence-corrected chi connectivity index (χ4v) is 7.81. The Hall–Kier alpha value is -1.49. The number of carbonyl (C=O) groups is 1. The molecule has 2 aliphatic rings. The maximum absolute atomic E-state index is 13.3. The third-order valence-electron chi connectivity index (χ3n) is 10.6. The largest absolute Gasteiger partial charge is 0.459 e. The second kappa shape index (κ2) is 17.3. The van der Waals surface area contributed by atoms with Crippen molar-refractivity contribution in [2.75, 3.05) is 13.2 Å². The molecule has 0 spiro atoms. The van der Waals surface area contributed by atoms with Crippen LogP contribution in [0.3, 0.4) is 0 Å². The smallest absolute Gasteiger partial charge is 0.428 e. The summed E-state index contributed by atoms with van der Waals surface area (Å²) < 4.78 is 171. The molecule has 0 saturated heterocycles. The minimum atomic E-state index is -5.97. The normalized spacial score (nSPS) is 24.7. The summed E-state index contributed by atoms with van der Waals surface area (Å²) in [6.07, 6.45) is -21.8. The van der Waals surface area contributed by atoms with Crippen molar-refractivity contribution in [3.63, 3.8) is 0 Å². The second-order valence-corrected chi connectivity index (χ2v) is 15.2. The van der Waals surface area contributed by atoms with Crippen LogP contribution in [-0.4, -0.2) is 72.4 Å². The highest BCUT2D eigenvalue weighted by molar-refractivity contribution is 5.76. The van der Waals surface area contributed by atoms with Crippen molar-refractivity contribution in [3.05, 3.63) is 0 Å². The molecule has 0 radical (unpaired) electrons. The average Bonchev–Trinajstić information content (AvgIpc) is 3.52. The lowest BCUT2D eigenvalue weighted by molar-refractivity contribution is -0.380. The van der Waals surface area contributed by atoms with E-state index >= 15 is 0 Å². The van der Waals surface area contributed by atoms with E-state index in [0.29, 0.717) is 44.9 Å². The highest BCUT2D eigenvalue weighted by atomic mass is 19.4. The molecule has 2 aliphatic carbocycles. The van der Waals surface area contributed by atoms with E-state index < -0.39 is 72.7 Å². The zero-order valence-corrected chi connectivity index (χ0v) is 29.7. The maximum atomic E-state index is 13.3. The Balaban J connectivity index is 2.02. The fraction of sp³-hybridized carbons (Fsp3) is 0.971. The molecule has 6 unspecified atom stereocenters. The molecule has 6 atom stereocenters. The molecule has 0 amide bonds. The molecule has 2 fully saturated rings. The summed E-state index contributed by atoms with van der Waals surface area (Å²) in [6, 6.07) is 0. The predicted octanol–water partition coefficient (Wildman–Crippen LogP) is 10.7. The van der Waals surface area contributed by atoms with E-state index in [0.717, 1.165) is 19.3 Å². The van der Waals surface area contributed by atoms with E-state index in [1.807, 2.05) is 6.92 Å². The number of alkyl halides is 12. The molecule has 0 aliphatic heterocycles. The third-order valence-corrected chi connectivity index (χ3v) is 10.6. The van der Waals surface area contributed by atoms with Crippen LogP contribution in [0.15, 0.2) is 0 Å². The Morgan fingerprint density at radius 2 is 1.29 bits per heavy atom. The number of unbranched alkanes of at least 4 members (excludes halogenated alkanes) is 2. The fourth-order valence-electron chi connectivity index (χ4n) is 7.81. The van der Waals surface area contributed by atoms with Crippen LogP contribution in [0.4, 0.5) is 52.7 Å². The summed E-state index contributed by atoms with van der Waals surface area (Å²) in [5.41, 5.74) is -7.18. The van der Waals surface area contributed by atoms with Crippen LogP contribution in [0.1, 0.15) is 118 Å². The Kier molecular flexibility index (Phi) is 15.5. The van der Waals surface area contributed by atoms with Gasteiger partial charge in [0.1, 0.15) is 5.60 Å². The van der Waals surface area contributed by atoms with Crippen molar-refractivity contribution in [2.45, 2.75) is 166 Å². The molecule has 302 valence electrons. The first-order valence-electron chi connectivity index (χ1n) is 17.6. The van der Waals surface area contributed by atoms with Gasteiger partial charge in [0.05, 0.1) is 18.1 Å². The molecule has 2 bridgehead atoms. The lowest BCUT2D eigenvalue weighted by Crippen LogP contribution is -2.60. The van der Waals surface area contributed by atoms with Crippen LogP contribution < -0.4 is 0 Å². The zero-order valence-electron chi connectivity index (χ0n) is 29.7. The van der Waals surface area contributed by atoms with Crippen molar-refractivity contribution < 1.29 is 76.8 Å². The van der Waals surface area contributed by atoms with E-state index in [-0.39, 0.29) is 42.9 Å². The minimum Gasteiger partial charge on any atom is -0.459 e. The number of hydrogen-bond acceptors (Lipinski definition) is 5. The highest BCUT2D eigenvalue weighted by Gasteiger charge is 2.71. The molecule has 1 N–H and O–H groups in total. The summed E-state index contributed by atoms with van der Waals surface area (Å²) >= 11 is 0. The summed E-state index contributed by atoms with van der Waals surface area (Å²) in [5.74, 6) is -0.807. The van der Waals surface area contributed by atoms with Gasteiger partial charge in [0.15, 0.2) is 0 Å². The first kappa shape index (κ1) is 45.7.